The average molecular weight is 419 g/mol. The number of hydrogen-bond donors (Lipinski definition) is 2. The van der Waals surface area contributed by atoms with Gasteiger partial charge in [-0.3, -0.25) is 5.32 Å². The van der Waals surface area contributed by atoms with Gasteiger partial charge in [0.05, 0.1) is 9.90 Å². The molecule has 0 fully saturated rings. The Morgan fingerprint density at radius 1 is 1.11 bits per heavy atom. The van der Waals surface area contributed by atoms with E-state index in [4.69, 9.17) is 4.74 Å². The smallest absolute Gasteiger partial charge is 0.388 e. The van der Waals surface area contributed by atoms with Gasteiger partial charge in [0.2, 0.25) is 0 Å². The number of rotatable bonds is 5. The number of sulfone groups is 1. The Bertz CT molecular complexity index is 1130. The van der Waals surface area contributed by atoms with E-state index in [-0.39, 0.29) is 10.8 Å². The van der Waals surface area contributed by atoms with E-state index < -0.39 is 15.9 Å². The minimum atomic E-state index is -3.33. The first-order valence-electron chi connectivity index (χ1n) is 8.18. The minimum absolute atomic E-state index is 0.0948. The van der Waals surface area contributed by atoms with E-state index in [2.05, 4.69) is 20.6 Å². The van der Waals surface area contributed by atoms with Gasteiger partial charge in [-0.25, -0.2) is 23.2 Å². The third-order valence-electron chi connectivity index (χ3n) is 3.53. The zero-order valence-corrected chi connectivity index (χ0v) is 17.0. The van der Waals surface area contributed by atoms with Crippen LogP contribution in [-0.2, 0) is 9.84 Å². The topological polar surface area (TPSA) is 110 Å². The van der Waals surface area contributed by atoms with E-state index in [1.54, 1.807) is 31.2 Å². The number of hydrogen-bond acceptors (Lipinski definition) is 8. The zero-order chi connectivity index (χ0) is 20.3. The Kier molecular flexibility index (Phi) is 5.61. The van der Waals surface area contributed by atoms with Crippen LogP contribution in [0.2, 0.25) is 0 Å². The molecule has 0 saturated carbocycles. The van der Waals surface area contributed by atoms with Crippen molar-refractivity contribution in [2.45, 2.75) is 18.7 Å². The van der Waals surface area contributed by atoms with Gasteiger partial charge in [0.25, 0.3) is 5.88 Å². The van der Waals surface area contributed by atoms with Crippen LogP contribution < -0.4 is 15.4 Å². The van der Waals surface area contributed by atoms with Crippen molar-refractivity contribution in [3.63, 3.8) is 0 Å². The van der Waals surface area contributed by atoms with Crippen molar-refractivity contribution in [3.8, 4) is 5.88 Å². The second kappa shape index (κ2) is 7.95. The Balaban J connectivity index is 1.77. The van der Waals surface area contributed by atoms with Crippen LogP contribution in [-0.4, -0.2) is 30.7 Å². The summed E-state index contributed by atoms with van der Waals surface area (Å²) in [5.74, 6) is 0.463. The molecule has 8 nitrogen and oxygen atoms in total. The Morgan fingerprint density at radius 2 is 1.86 bits per heavy atom. The molecule has 146 valence electrons. The zero-order valence-electron chi connectivity index (χ0n) is 15.4. The predicted octanol–water partition coefficient (Wildman–Crippen LogP) is 3.91. The van der Waals surface area contributed by atoms with Crippen molar-refractivity contribution in [2.75, 3.05) is 16.9 Å². The maximum Gasteiger partial charge on any atom is 0.419 e. The molecule has 0 atom stereocenters. The molecule has 28 heavy (non-hydrogen) atoms. The third-order valence-corrected chi connectivity index (χ3v) is 5.51. The fourth-order valence-electron chi connectivity index (χ4n) is 2.32. The molecule has 3 aromatic rings. The summed E-state index contributed by atoms with van der Waals surface area (Å²) in [6, 6.07) is 11.6. The highest BCUT2D eigenvalue weighted by atomic mass is 32.2. The van der Waals surface area contributed by atoms with E-state index in [1.165, 1.54) is 23.5 Å². The summed E-state index contributed by atoms with van der Waals surface area (Å²) < 4.78 is 28.8. The van der Waals surface area contributed by atoms with Crippen LogP contribution in [0.3, 0.4) is 0 Å². The van der Waals surface area contributed by atoms with Crippen molar-refractivity contribution in [2.24, 2.45) is 0 Å². The van der Waals surface area contributed by atoms with Crippen LogP contribution in [0.5, 0.6) is 5.88 Å². The number of aromatic nitrogens is 2. The number of pyridine rings is 1. The Morgan fingerprint density at radius 3 is 2.57 bits per heavy atom. The molecule has 2 heterocycles. The lowest BCUT2D eigenvalue weighted by Crippen LogP contribution is -2.18. The monoisotopic (exact) mass is 418 g/mol. The summed E-state index contributed by atoms with van der Waals surface area (Å²) in [6.07, 6.45) is 0.414. The van der Waals surface area contributed by atoms with E-state index in [1.807, 2.05) is 13.0 Å². The van der Waals surface area contributed by atoms with E-state index in [0.29, 0.717) is 21.5 Å². The Hall–Kier alpha value is -2.98. The first-order valence-corrected chi connectivity index (χ1v) is 10.9. The second-order valence-corrected chi connectivity index (χ2v) is 9.19. The number of carbonyl (C=O) groups excluding carboxylic acids is 1. The van der Waals surface area contributed by atoms with Crippen molar-refractivity contribution >= 4 is 43.8 Å². The molecule has 0 aliphatic carbocycles. The van der Waals surface area contributed by atoms with Gasteiger partial charge in [-0.1, -0.05) is 23.5 Å². The lowest BCUT2D eigenvalue weighted by Gasteiger charge is -2.08. The number of aryl methyl sites for hydroxylation is 2. The molecule has 0 aliphatic rings. The summed E-state index contributed by atoms with van der Waals surface area (Å²) in [5.41, 5.74) is 1.30. The standard InChI is InChI=1S/C18H18N4O4S2/c1-11-6-4-9-15(19-11)22-18(23)26-16-17(27-12(2)20-16)21-13-7-5-8-14(10-13)28(3,24)25/h4-10,21H,1-3H3,(H,19,22,23). The van der Waals surface area contributed by atoms with Crippen molar-refractivity contribution < 1.29 is 17.9 Å². The van der Waals surface area contributed by atoms with Gasteiger partial charge in [0.15, 0.2) is 14.8 Å². The number of nitrogens with zero attached hydrogens (tertiary/aromatic N) is 2. The van der Waals surface area contributed by atoms with Gasteiger partial charge in [-0.15, -0.1) is 0 Å². The molecule has 2 aromatic heterocycles. The molecule has 1 amide bonds. The first-order chi connectivity index (χ1) is 13.2. The largest absolute Gasteiger partial charge is 0.419 e. The molecule has 2 N–H and O–H groups in total. The quantitative estimate of drug-likeness (QED) is 0.646. The van der Waals surface area contributed by atoms with Crippen LogP contribution in [0.4, 0.5) is 21.3 Å². The molecule has 3 rings (SSSR count). The highest BCUT2D eigenvalue weighted by Gasteiger charge is 2.16. The maximum absolute atomic E-state index is 12.2. The molecule has 0 radical (unpaired) electrons. The highest BCUT2D eigenvalue weighted by Crippen LogP contribution is 2.34. The molecule has 0 aliphatic heterocycles. The molecule has 1 aromatic carbocycles. The highest BCUT2D eigenvalue weighted by molar-refractivity contribution is 7.90. The summed E-state index contributed by atoms with van der Waals surface area (Å²) in [7, 11) is -3.33. The minimum Gasteiger partial charge on any atom is -0.388 e. The predicted molar refractivity (Wildman–Crippen MR) is 108 cm³/mol. The molecule has 0 saturated heterocycles. The van der Waals surface area contributed by atoms with Gasteiger partial charge in [-0.2, -0.15) is 0 Å². The normalized spacial score (nSPS) is 11.1. The molecule has 0 bridgehead atoms. The Labute approximate surface area is 166 Å². The van der Waals surface area contributed by atoms with Crippen LogP contribution in [0.15, 0.2) is 47.4 Å². The third kappa shape index (κ3) is 5.05. The number of thiazole rings is 1. The number of nitrogens with one attached hydrogen (secondary N) is 2. The molecule has 0 spiro atoms. The number of anilines is 3. The van der Waals surface area contributed by atoms with E-state index >= 15 is 0 Å². The van der Waals surface area contributed by atoms with Crippen molar-refractivity contribution in [1.29, 1.82) is 0 Å². The summed E-state index contributed by atoms with van der Waals surface area (Å²) in [6.45, 7) is 3.59. The van der Waals surface area contributed by atoms with Gasteiger partial charge in [0, 0.05) is 17.6 Å². The van der Waals surface area contributed by atoms with Crippen LogP contribution in [0.25, 0.3) is 0 Å². The average Bonchev–Trinajstić information content (AvgIpc) is 2.93. The number of ether oxygens (including phenoxy) is 1. The van der Waals surface area contributed by atoms with Crippen LogP contribution in [0.1, 0.15) is 10.7 Å². The van der Waals surface area contributed by atoms with Gasteiger partial charge >= 0.3 is 6.09 Å². The SMILES string of the molecule is Cc1cccc(NC(=O)Oc2nc(C)sc2Nc2cccc(S(C)(=O)=O)c2)n1. The van der Waals surface area contributed by atoms with Gasteiger partial charge in [0.1, 0.15) is 5.82 Å². The lowest BCUT2D eigenvalue weighted by atomic mass is 10.3. The van der Waals surface area contributed by atoms with E-state index in [0.717, 1.165) is 11.9 Å². The van der Waals surface area contributed by atoms with Gasteiger partial charge < -0.3 is 10.1 Å². The van der Waals surface area contributed by atoms with Crippen molar-refractivity contribution in [3.05, 3.63) is 53.2 Å². The van der Waals surface area contributed by atoms with Crippen LogP contribution in [0, 0.1) is 13.8 Å². The van der Waals surface area contributed by atoms with Crippen LogP contribution >= 0.6 is 11.3 Å². The maximum atomic E-state index is 12.2. The fraction of sp³-hybridized carbons (Fsp3) is 0.167. The molecular weight excluding hydrogens is 400 g/mol. The molecular formula is C18H18N4O4S2. The molecule has 10 heteroatoms. The summed E-state index contributed by atoms with van der Waals surface area (Å²) in [5, 5.41) is 6.76. The van der Waals surface area contributed by atoms with Crippen molar-refractivity contribution in [1.82, 2.24) is 9.97 Å². The number of amides is 1. The fourth-order valence-corrected chi connectivity index (χ4v) is 3.76. The number of benzene rings is 1. The second-order valence-electron chi connectivity index (χ2n) is 5.97. The van der Waals surface area contributed by atoms with Gasteiger partial charge in [-0.05, 0) is 44.2 Å². The first kappa shape index (κ1) is 19.8. The summed E-state index contributed by atoms with van der Waals surface area (Å²) in [4.78, 5) is 20.8. The van der Waals surface area contributed by atoms with E-state index in [9.17, 15) is 13.2 Å². The summed E-state index contributed by atoms with van der Waals surface area (Å²) >= 11 is 1.28. The molecule has 0 unspecified atom stereocenters. The lowest BCUT2D eigenvalue weighted by molar-refractivity contribution is 0.213. The number of carbonyl (C=O) groups is 1.